The molecule has 23 heavy (non-hydrogen) atoms. The highest BCUT2D eigenvalue weighted by atomic mass is 35.5. The van der Waals surface area contributed by atoms with Crippen LogP contribution in [0, 0.1) is 0 Å². The van der Waals surface area contributed by atoms with Gasteiger partial charge in [-0.25, -0.2) is 8.42 Å². The predicted octanol–water partition coefficient (Wildman–Crippen LogP) is 3.89. The Balaban J connectivity index is 2.44. The van der Waals surface area contributed by atoms with E-state index in [-0.39, 0.29) is 12.2 Å². The molecular formula is C15H18ClNO3S3. The van der Waals surface area contributed by atoms with Crippen LogP contribution in [-0.4, -0.2) is 25.0 Å². The number of benzene rings is 1. The molecule has 0 spiro atoms. The molecule has 8 heteroatoms. The average Bonchev–Trinajstić information content (AvgIpc) is 2.81. The minimum atomic E-state index is -4.19. The molecule has 126 valence electrons. The van der Waals surface area contributed by atoms with E-state index in [0.717, 1.165) is 21.6 Å². The van der Waals surface area contributed by atoms with Crippen LogP contribution >= 0.6 is 34.7 Å². The second-order valence-electron chi connectivity index (χ2n) is 4.99. The van der Waals surface area contributed by atoms with Crippen molar-refractivity contribution in [2.24, 2.45) is 0 Å². The SMILES string of the molecule is CC/C(=C\c1sc2ccc(Cl)cc2[n+]1CCCS(=O)(=O)[O-])SC. The second-order valence-corrected chi connectivity index (χ2v) is 8.94. The first-order valence-corrected chi connectivity index (χ1v) is 11.1. The molecule has 2 aromatic rings. The molecule has 0 N–H and O–H groups in total. The number of aromatic nitrogens is 1. The van der Waals surface area contributed by atoms with Crippen LogP contribution in [0.3, 0.4) is 0 Å². The molecule has 0 aliphatic carbocycles. The highest BCUT2D eigenvalue weighted by molar-refractivity contribution is 8.02. The Morgan fingerprint density at radius 1 is 1.48 bits per heavy atom. The Morgan fingerprint density at radius 3 is 2.83 bits per heavy atom. The summed E-state index contributed by atoms with van der Waals surface area (Å²) in [7, 11) is -4.19. The van der Waals surface area contributed by atoms with Gasteiger partial charge < -0.3 is 4.55 Å². The number of aryl methyl sites for hydroxylation is 1. The highest BCUT2D eigenvalue weighted by Crippen LogP contribution is 2.27. The van der Waals surface area contributed by atoms with E-state index >= 15 is 0 Å². The molecule has 0 aliphatic rings. The maximum absolute atomic E-state index is 10.8. The molecule has 0 bridgehead atoms. The molecule has 0 saturated carbocycles. The van der Waals surface area contributed by atoms with Gasteiger partial charge in [0.1, 0.15) is 4.70 Å². The zero-order chi connectivity index (χ0) is 17.0. The molecule has 4 nitrogen and oxygen atoms in total. The predicted molar refractivity (Wildman–Crippen MR) is 98.0 cm³/mol. The van der Waals surface area contributed by atoms with Crippen LogP contribution in [0.15, 0.2) is 23.1 Å². The lowest BCUT2D eigenvalue weighted by molar-refractivity contribution is -0.668. The summed E-state index contributed by atoms with van der Waals surface area (Å²) in [4.78, 5) is 1.24. The number of rotatable bonds is 7. The van der Waals surface area contributed by atoms with Crippen LogP contribution < -0.4 is 4.57 Å². The summed E-state index contributed by atoms with van der Waals surface area (Å²) in [5.74, 6) is -0.357. The van der Waals surface area contributed by atoms with Gasteiger partial charge in [0.05, 0.1) is 10.1 Å². The molecule has 1 aromatic heterocycles. The summed E-state index contributed by atoms with van der Waals surface area (Å²) in [6.45, 7) is 2.57. The zero-order valence-corrected chi connectivity index (χ0v) is 16.1. The van der Waals surface area contributed by atoms with Crippen LogP contribution in [0.2, 0.25) is 5.02 Å². The fourth-order valence-electron chi connectivity index (χ4n) is 2.25. The van der Waals surface area contributed by atoms with Gasteiger partial charge in [0, 0.05) is 29.3 Å². The Morgan fingerprint density at radius 2 is 2.22 bits per heavy atom. The number of thiazole rings is 1. The molecule has 1 heterocycles. The highest BCUT2D eigenvalue weighted by Gasteiger charge is 2.19. The van der Waals surface area contributed by atoms with E-state index in [4.69, 9.17) is 11.6 Å². The topological polar surface area (TPSA) is 61.1 Å². The largest absolute Gasteiger partial charge is 0.748 e. The standard InChI is InChI=1S/C15H18ClNO3S3/c1-3-12(21-2)10-15-17(7-4-8-23(18,19)20)13-9-11(16)5-6-14(13)22-15/h5-6,9-10H,3-4,7-8H2,1-2H3/b12-10+. The van der Waals surface area contributed by atoms with Gasteiger partial charge in [-0.3, -0.25) is 0 Å². The number of fused-ring (bicyclic) bond motifs is 1. The van der Waals surface area contributed by atoms with Gasteiger partial charge in [-0.05, 0) is 29.7 Å². The fourth-order valence-corrected chi connectivity index (χ4v) is 4.63. The second kappa shape index (κ2) is 7.98. The number of allylic oxidation sites excluding steroid dienone is 1. The lowest BCUT2D eigenvalue weighted by Crippen LogP contribution is -2.36. The van der Waals surface area contributed by atoms with E-state index in [1.54, 1.807) is 23.1 Å². The van der Waals surface area contributed by atoms with Crippen molar-refractivity contribution in [3.8, 4) is 0 Å². The third-order valence-electron chi connectivity index (χ3n) is 3.36. The Bertz CT molecular complexity index is 822. The van der Waals surface area contributed by atoms with Crippen LogP contribution in [0.5, 0.6) is 0 Å². The number of hydrogen-bond donors (Lipinski definition) is 0. The van der Waals surface area contributed by atoms with E-state index in [0.29, 0.717) is 11.6 Å². The van der Waals surface area contributed by atoms with Crippen molar-refractivity contribution >= 4 is 61.1 Å². The van der Waals surface area contributed by atoms with E-state index in [2.05, 4.69) is 13.0 Å². The van der Waals surface area contributed by atoms with Crippen LogP contribution in [0.25, 0.3) is 16.3 Å². The molecule has 0 amide bonds. The first-order valence-electron chi connectivity index (χ1n) is 7.14. The van der Waals surface area contributed by atoms with Crippen molar-refractivity contribution in [2.75, 3.05) is 12.0 Å². The molecule has 0 aliphatic heterocycles. The molecule has 0 unspecified atom stereocenters. The van der Waals surface area contributed by atoms with Crippen LogP contribution in [-0.2, 0) is 16.7 Å². The van der Waals surface area contributed by atoms with Crippen LogP contribution in [0.4, 0.5) is 0 Å². The summed E-state index contributed by atoms with van der Waals surface area (Å²) >= 11 is 9.43. The minimum absolute atomic E-state index is 0.288. The van der Waals surface area contributed by atoms with Gasteiger partial charge in [-0.2, -0.15) is 4.57 Å². The average molecular weight is 392 g/mol. The van der Waals surface area contributed by atoms with Gasteiger partial charge in [-0.1, -0.05) is 29.9 Å². The normalized spacial score (nSPS) is 13.0. The van der Waals surface area contributed by atoms with Gasteiger partial charge in [0.2, 0.25) is 5.52 Å². The molecule has 0 radical (unpaired) electrons. The van der Waals surface area contributed by atoms with Gasteiger partial charge in [-0.15, -0.1) is 11.8 Å². The maximum Gasteiger partial charge on any atom is 0.263 e. The summed E-state index contributed by atoms with van der Waals surface area (Å²) in [6.07, 6.45) is 5.38. The Kier molecular flexibility index (Phi) is 6.50. The van der Waals surface area contributed by atoms with Crippen molar-refractivity contribution < 1.29 is 17.5 Å². The molecule has 1 aromatic carbocycles. The number of nitrogens with zero attached hydrogens (tertiary/aromatic N) is 1. The van der Waals surface area contributed by atoms with Gasteiger partial charge in [0.25, 0.3) is 5.01 Å². The van der Waals surface area contributed by atoms with Crippen LogP contribution in [0.1, 0.15) is 24.8 Å². The van der Waals surface area contributed by atoms with E-state index in [1.165, 1.54) is 4.91 Å². The summed E-state index contributed by atoms with van der Waals surface area (Å²) in [5.41, 5.74) is 0.966. The first-order chi connectivity index (χ1) is 10.8. The summed E-state index contributed by atoms with van der Waals surface area (Å²) < 4.78 is 35.6. The van der Waals surface area contributed by atoms with E-state index in [9.17, 15) is 13.0 Å². The number of halogens is 1. The van der Waals surface area contributed by atoms with E-state index in [1.807, 2.05) is 29.0 Å². The van der Waals surface area contributed by atoms with Gasteiger partial charge in [0.15, 0.2) is 6.54 Å². The number of hydrogen-bond acceptors (Lipinski definition) is 5. The number of thioether (sulfide) groups is 1. The van der Waals surface area contributed by atoms with Gasteiger partial charge >= 0.3 is 0 Å². The lowest BCUT2D eigenvalue weighted by Gasteiger charge is -2.04. The van der Waals surface area contributed by atoms with Crippen molar-refractivity contribution in [1.29, 1.82) is 0 Å². The molecule has 0 atom stereocenters. The molecule has 0 fully saturated rings. The minimum Gasteiger partial charge on any atom is -0.748 e. The summed E-state index contributed by atoms with van der Waals surface area (Å²) in [6, 6.07) is 5.68. The molecule has 2 rings (SSSR count). The Labute approximate surface area is 149 Å². The first kappa shape index (κ1) is 18.7. The van der Waals surface area contributed by atoms with E-state index < -0.39 is 10.1 Å². The van der Waals surface area contributed by atoms with Crippen molar-refractivity contribution in [1.82, 2.24) is 0 Å². The third kappa shape index (κ3) is 5.19. The molecular weight excluding hydrogens is 374 g/mol. The fraction of sp³-hybridized carbons (Fsp3) is 0.400. The summed E-state index contributed by atoms with van der Waals surface area (Å²) in [5, 5.41) is 1.67. The van der Waals surface area contributed by atoms with Crippen molar-refractivity contribution in [2.45, 2.75) is 26.3 Å². The van der Waals surface area contributed by atoms with Crippen molar-refractivity contribution in [3.05, 3.63) is 33.1 Å². The monoisotopic (exact) mass is 391 g/mol. The lowest BCUT2D eigenvalue weighted by atomic mass is 10.3. The third-order valence-corrected chi connectivity index (χ3v) is 6.43. The van der Waals surface area contributed by atoms with Crippen molar-refractivity contribution in [3.63, 3.8) is 0 Å². The smallest absolute Gasteiger partial charge is 0.263 e. The quantitative estimate of drug-likeness (QED) is 0.530. The zero-order valence-electron chi connectivity index (χ0n) is 12.9. The Hall–Kier alpha value is -0.600. The maximum atomic E-state index is 10.8. The molecule has 0 saturated heterocycles.